The van der Waals surface area contributed by atoms with E-state index in [0.29, 0.717) is 34.2 Å². The molecule has 0 spiro atoms. The molecule has 1 heterocycles. The van der Waals surface area contributed by atoms with Crippen LogP contribution in [0.5, 0.6) is 0 Å². The van der Waals surface area contributed by atoms with Crippen LogP contribution in [0.3, 0.4) is 0 Å². The molecule has 0 unspecified atom stereocenters. The fourth-order valence-electron chi connectivity index (χ4n) is 4.96. The molecule has 36 heavy (non-hydrogen) atoms. The zero-order valence-corrected chi connectivity index (χ0v) is 18.8. The summed E-state index contributed by atoms with van der Waals surface area (Å²) < 4.78 is 0. The van der Waals surface area contributed by atoms with E-state index < -0.39 is 0 Å². The van der Waals surface area contributed by atoms with Crippen LogP contribution in [0.1, 0.15) is 31.8 Å². The number of pyridine rings is 1. The van der Waals surface area contributed by atoms with Crippen LogP contribution in [0.2, 0.25) is 0 Å². The van der Waals surface area contributed by atoms with E-state index in [-0.39, 0.29) is 11.6 Å². The molecule has 2 N–H and O–H groups in total. The SMILES string of the molecule is O=C1C(=NNc2cccc(NN=C3C(=O)c4cccc5cccc3c45)n2)c2cccc3cccc1c23. The van der Waals surface area contributed by atoms with Crippen molar-refractivity contribution in [2.75, 3.05) is 10.9 Å². The largest absolute Gasteiger partial charge is 0.287 e. The Morgan fingerprint density at radius 2 is 0.889 bits per heavy atom. The number of hydrazone groups is 2. The summed E-state index contributed by atoms with van der Waals surface area (Å²) in [5.41, 5.74) is 9.42. The Bertz CT molecular complexity index is 1700. The molecule has 1 aromatic heterocycles. The highest BCUT2D eigenvalue weighted by Crippen LogP contribution is 2.32. The highest BCUT2D eigenvalue weighted by molar-refractivity contribution is 6.59. The standard InChI is InChI=1S/C29H17N5O2/c35-28-20-12-3-8-16-6-1-10-18(24(16)20)26(28)33-31-22-14-5-15-23(30-22)32-34-27-19-11-2-7-17-9-4-13-21(25(17)19)29(27)36/h1-15H,(H2,30,31,32). The fourth-order valence-corrected chi connectivity index (χ4v) is 4.96. The van der Waals surface area contributed by atoms with Gasteiger partial charge in [-0.2, -0.15) is 10.2 Å². The molecular formula is C29H17N5O2. The summed E-state index contributed by atoms with van der Waals surface area (Å²) in [4.78, 5) is 30.4. The van der Waals surface area contributed by atoms with E-state index in [1.807, 2.05) is 72.8 Å². The minimum Gasteiger partial charge on any atom is -0.287 e. The van der Waals surface area contributed by atoms with Crippen molar-refractivity contribution in [3.8, 4) is 0 Å². The van der Waals surface area contributed by atoms with Gasteiger partial charge in [0.2, 0.25) is 11.6 Å². The number of rotatable bonds is 4. The van der Waals surface area contributed by atoms with Gasteiger partial charge in [0.15, 0.2) is 0 Å². The van der Waals surface area contributed by atoms with Crippen molar-refractivity contribution in [1.29, 1.82) is 0 Å². The second kappa shape index (κ2) is 7.68. The Morgan fingerprint density at radius 1 is 0.500 bits per heavy atom. The van der Waals surface area contributed by atoms with Gasteiger partial charge in [-0.25, -0.2) is 4.98 Å². The Kier molecular flexibility index (Phi) is 4.31. The molecule has 7 heteroatoms. The van der Waals surface area contributed by atoms with Crippen molar-refractivity contribution in [1.82, 2.24) is 4.98 Å². The van der Waals surface area contributed by atoms with Crippen molar-refractivity contribution >= 4 is 56.2 Å². The number of carbonyl (C=O) groups is 2. The topological polar surface area (TPSA) is 95.8 Å². The van der Waals surface area contributed by atoms with E-state index in [1.165, 1.54) is 0 Å². The van der Waals surface area contributed by atoms with Gasteiger partial charge in [-0.15, -0.1) is 0 Å². The number of nitrogens with one attached hydrogen (secondary N) is 2. The lowest BCUT2D eigenvalue weighted by atomic mass is 10.1. The van der Waals surface area contributed by atoms with E-state index in [2.05, 4.69) is 26.0 Å². The number of aromatic nitrogens is 1. The first-order chi connectivity index (χ1) is 17.7. The van der Waals surface area contributed by atoms with Gasteiger partial charge in [0.25, 0.3) is 0 Å². The molecule has 0 saturated heterocycles. The van der Waals surface area contributed by atoms with Gasteiger partial charge >= 0.3 is 0 Å². The average molecular weight is 467 g/mol. The van der Waals surface area contributed by atoms with Crippen LogP contribution in [0.4, 0.5) is 11.6 Å². The summed E-state index contributed by atoms with van der Waals surface area (Å²) in [6.07, 6.45) is 0. The molecule has 0 aliphatic heterocycles. The number of anilines is 2. The summed E-state index contributed by atoms with van der Waals surface area (Å²) in [6, 6.07) is 28.2. The Balaban J connectivity index is 1.16. The van der Waals surface area contributed by atoms with Gasteiger partial charge in [-0.3, -0.25) is 20.4 Å². The third-order valence-electron chi connectivity index (χ3n) is 6.55. The molecule has 0 fully saturated rings. The fraction of sp³-hybridized carbons (Fsp3) is 0. The van der Waals surface area contributed by atoms with E-state index in [9.17, 15) is 9.59 Å². The Hall–Kier alpha value is -5.17. The predicted molar refractivity (Wildman–Crippen MR) is 141 cm³/mol. The van der Waals surface area contributed by atoms with Crippen molar-refractivity contribution in [3.05, 3.63) is 113 Å². The summed E-state index contributed by atoms with van der Waals surface area (Å²) in [5.74, 6) is 0.630. The predicted octanol–water partition coefficient (Wildman–Crippen LogP) is 5.41. The minimum atomic E-state index is -0.122. The van der Waals surface area contributed by atoms with Crippen LogP contribution >= 0.6 is 0 Å². The van der Waals surface area contributed by atoms with Crippen molar-refractivity contribution in [3.63, 3.8) is 0 Å². The van der Waals surface area contributed by atoms with E-state index in [1.54, 1.807) is 18.2 Å². The number of carbonyl (C=O) groups excluding carboxylic acids is 2. The third kappa shape index (κ3) is 2.96. The Morgan fingerprint density at radius 3 is 1.33 bits per heavy atom. The summed E-state index contributed by atoms with van der Waals surface area (Å²) >= 11 is 0. The van der Waals surface area contributed by atoms with Gasteiger partial charge in [0.05, 0.1) is 0 Å². The maximum atomic E-state index is 13.0. The highest BCUT2D eigenvalue weighted by Gasteiger charge is 2.29. The summed E-state index contributed by atoms with van der Waals surface area (Å²) in [6.45, 7) is 0. The number of Topliss-reactive ketones (excluding diaryl/α,β-unsaturated/α-hetero) is 2. The molecule has 2 aliphatic carbocycles. The molecule has 2 aliphatic rings. The molecule has 0 radical (unpaired) electrons. The average Bonchev–Trinajstić information content (AvgIpc) is 3.35. The molecule has 0 bridgehead atoms. The van der Waals surface area contributed by atoms with Gasteiger partial charge < -0.3 is 0 Å². The van der Waals surface area contributed by atoms with Crippen molar-refractivity contribution in [2.24, 2.45) is 10.2 Å². The van der Waals surface area contributed by atoms with Crippen LogP contribution in [-0.4, -0.2) is 28.0 Å². The van der Waals surface area contributed by atoms with Crippen LogP contribution in [-0.2, 0) is 0 Å². The summed E-state index contributed by atoms with van der Waals surface area (Å²) in [7, 11) is 0. The number of nitrogens with zero attached hydrogens (tertiary/aromatic N) is 3. The van der Waals surface area contributed by atoms with Gasteiger partial charge in [-0.05, 0) is 22.9 Å². The lowest BCUT2D eigenvalue weighted by molar-refractivity contribution is 0.106. The first-order valence-electron chi connectivity index (χ1n) is 11.5. The Labute approximate surface area is 205 Å². The highest BCUT2D eigenvalue weighted by atomic mass is 16.1. The number of ketones is 2. The molecule has 5 aromatic rings. The van der Waals surface area contributed by atoms with Gasteiger partial charge in [-0.1, -0.05) is 78.9 Å². The quantitative estimate of drug-likeness (QED) is 0.345. The molecular weight excluding hydrogens is 450 g/mol. The second-order valence-electron chi connectivity index (χ2n) is 8.63. The molecule has 7 rings (SSSR count). The van der Waals surface area contributed by atoms with Gasteiger partial charge in [0.1, 0.15) is 23.1 Å². The van der Waals surface area contributed by atoms with E-state index in [0.717, 1.165) is 32.7 Å². The van der Waals surface area contributed by atoms with E-state index >= 15 is 0 Å². The second-order valence-corrected chi connectivity index (χ2v) is 8.63. The van der Waals surface area contributed by atoms with Crippen molar-refractivity contribution in [2.45, 2.75) is 0 Å². The first kappa shape index (κ1) is 20.2. The molecule has 7 nitrogen and oxygen atoms in total. The maximum absolute atomic E-state index is 13.0. The van der Waals surface area contributed by atoms with Gasteiger partial charge in [0, 0.05) is 33.0 Å². The zero-order chi connectivity index (χ0) is 24.2. The number of hydrogen-bond donors (Lipinski definition) is 2. The van der Waals surface area contributed by atoms with Crippen LogP contribution in [0.25, 0.3) is 21.5 Å². The summed E-state index contributed by atoms with van der Waals surface area (Å²) in [5, 5.41) is 12.6. The first-order valence-corrected chi connectivity index (χ1v) is 11.5. The molecule has 170 valence electrons. The third-order valence-corrected chi connectivity index (χ3v) is 6.55. The molecule has 0 saturated carbocycles. The lowest BCUT2D eigenvalue weighted by Gasteiger charge is -2.05. The van der Waals surface area contributed by atoms with E-state index in [4.69, 9.17) is 0 Å². The molecule has 4 aromatic carbocycles. The minimum absolute atomic E-state index is 0.122. The smallest absolute Gasteiger partial charge is 0.214 e. The number of hydrogen-bond acceptors (Lipinski definition) is 7. The normalized spacial score (nSPS) is 16.0. The van der Waals surface area contributed by atoms with Crippen LogP contribution in [0.15, 0.2) is 101 Å². The van der Waals surface area contributed by atoms with Crippen LogP contribution in [0, 0.1) is 0 Å². The molecule has 0 amide bonds. The monoisotopic (exact) mass is 467 g/mol. The zero-order valence-electron chi connectivity index (χ0n) is 18.8. The van der Waals surface area contributed by atoms with Crippen molar-refractivity contribution < 1.29 is 9.59 Å². The van der Waals surface area contributed by atoms with Crippen LogP contribution < -0.4 is 10.9 Å². The molecule has 0 atom stereocenters. The lowest BCUT2D eigenvalue weighted by Crippen LogP contribution is -2.12. The number of benzene rings is 4. The maximum Gasteiger partial charge on any atom is 0.214 e.